The molecule has 0 aromatic heterocycles. The van der Waals surface area contributed by atoms with Crippen molar-refractivity contribution in [2.45, 2.75) is 19.8 Å². The molecule has 1 rings (SSSR count). The van der Waals surface area contributed by atoms with Gasteiger partial charge in [-0.05, 0) is 18.8 Å². The Hall–Kier alpha value is -1.30. The van der Waals surface area contributed by atoms with Crippen molar-refractivity contribution in [1.82, 2.24) is 10.2 Å². The highest BCUT2D eigenvalue weighted by atomic mass is 16.5. The van der Waals surface area contributed by atoms with Crippen LogP contribution in [0.3, 0.4) is 0 Å². The maximum absolute atomic E-state index is 11.7. The van der Waals surface area contributed by atoms with Crippen molar-refractivity contribution < 1.29 is 19.4 Å². The lowest BCUT2D eigenvalue weighted by atomic mass is 10.0. The first-order valence-corrected chi connectivity index (χ1v) is 6.30. The third kappa shape index (κ3) is 4.91. The normalized spacial score (nSPS) is 21.1. The first-order valence-electron chi connectivity index (χ1n) is 6.30. The van der Waals surface area contributed by atoms with Crippen LogP contribution < -0.4 is 5.32 Å². The average Bonchev–Trinajstić information content (AvgIpc) is 2.36. The van der Waals surface area contributed by atoms with Crippen LogP contribution in [-0.2, 0) is 9.53 Å². The van der Waals surface area contributed by atoms with Crippen LogP contribution in [0.25, 0.3) is 0 Å². The fourth-order valence-electron chi connectivity index (χ4n) is 1.91. The van der Waals surface area contributed by atoms with Gasteiger partial charge in [-0.3, -0.25) is 4.79 Å². The molecule has 0 spiro atoms. The van der Waals surface area contributed by atoms with E-state index in [-0.39, 0.29) is 12.6 Å². The second kappa shape index (κ2) is 7.20. The summed E-state index contributed by atoms with van der Waals surface area (Å²) in [5.41, 5.74) is 0. The summed E-state index contributed by atoms with van der Waals surface area (Å²) in [5, 5.41) is 11.6. The Labute approximate surface area is 107 Å². The molecule has 104 valence electrons. The van der Waals surface area contributed by atoms with Crippen molar-refractivity contribution >= 4 is 12.0 Å². The Kier molecular flexibility index (Phi) is 5.91. The Bertz CT molecular complexity index is 290. The fourth-order valence-corrected chi connectivity index (χ4v) is 1.91. The minimum atomic E-state index is -0.893. The summed E-state index contributed by atoms with van der Waals surface area (Å²) in [7, 11) is 1.60. The highest BCUT2D eigenvalue weighted by Crippen LogP contribution is 2.12. The summed E-state index contributed by atoms with van der Waals surface area (Å²) in [5.74, 6) is -1.08. The lowest BCUT2D eigenvalue weighted by Crippen LogP contribution is -2.43. The summed E-state index contributed by atoms with van der Waals surface area (Å²) in [6.45, 7) is 3.88. The molecule has 1 heterocycles. The van der Waals surface area contributed by atoms with Crippen LogP contribution in [0.4, 0.5) is 4.79 Å². The van der Waals surface area contributed by atoms with Gasteiger partial charge >= 0.3 is 12.0 Å². The predicted molar refractivity (Wildman–Crippen MR) is 66.4 cm³/mol. The van der Waals surface area contributed by atoms with Crippen LogP contribution in [0.15, 0.2) is 0 Å². The maximum Gasteiger partial charge on any atom is 0.317 e. The van der Waals surface area contributed by atoms with E-state index < -0.39 is 11.9 Å². The van der Waals surface area contributed by atoms with E-state index >= 15 is 0 Å². The lowest BCUT2D eigenvalue weighted by Gasteiger charge is -2.24. The number of carbonyl (C=O) groups excluding carboxylic acids is 1. The molecular formula is C12H22N2O4. The minimum absolute atomic E-state index is 0.211. The van der Waals surface area contributed by atoms with Gasteiger partial charge in [-0.25, -0.2) is 4.79 Å². The van der Waals surface area contributed by atoms with Gasteiger partial charge in [0, 0.05) is 26.7 Å². The van der Waals surface area contributed by atoms with Crippen molar-refractivity contribution in [2.75, 3.05) is 33.4 Å². The highest BCUT2D eigenvalue weighted by molar-refractivity contribution is 5.75. The number of carboxylic acid groups (broad SMARTS) is 1. The van der Waals surface area contributed by atoms with E-state index in [1.165, 1.54) is 4.90 Å². The maximum atomic E-state index is 11.7. The van der Waals surface area contributed by atoms with Gasteiger partial charge in [0.25, 0.3) is 0 Å². The van der Waals surface area contributed by atoms with Crippen LogP contribution in [0.1, 0.15) is 19.8 Å². The zero-order valence-electron chi connectivity index (χ0n) is 11.0. The topological polar surface area (TPSA) is 78.9 Å². The van der Waals surface area contributed by atoms with Gasteiger partial charge in [0.15, 0.2) is 0 Å². The monoisotopic (exact) mass is 258 g/mol. The molecule has 2 atom stereocenters. The first kappa shape index (κ1) is 14.8. The molecule has 0 bridgehead atoms. The second-order valence-corrected chi connectivity index (χ2v) is 4.89. The molecular weight excluding hydrogens is 236 g/mol. The van der Waals surface area contributed by atoms with E-state index in [1.54, 1.807) is 14.0 Å². The van der Waals surface area contributed by atoms with Crippen molar-refractivity contribution in [1.29, 1.82) is 0 Å². The van der Waals surface area contributed by atoms with Gasteiger partial charge in [0.1, 0.15) is 0 Å². The molecule has 1 fully saturated rings. The number of ether oxygens (including phenoxy) is 1. The molecule has 1 saturated heterocycles. The molecule has 2 amide bonds. The summed E-state index contributed by atoms with van der Waals surface area (Å²) >= 11 is 0. The number of carbonyl (C=O) groups is 2. The zero-order valence-corrected chi connectivity index (χ0v) is 11.0. The molecule has 0 aliphatic carbocycles. The molecule has 0 saturated carbocycles. The Morgan fingerprint density at radius 1 is 1.56 bits per heavy atom. The van der Waals surface area contributed by atoms with Crippen molar-refractivity contribution in [3.63, 3.8) is 0 Å². The quantitative estimate of drug-likeness (QED) is 0.763. The predicted octanol–water partition coefficient (Wildman–Crippen LogP) is 0.775. The summed E-state index contributed by atoms with van der Waals surface area (Å²) < 4.78 is 5.33. The van der Waals surface area contributed by atoms with E-state index in [4.69, 9.17) is 9.84 Å². The van der Waals surface area contributed by atoms with E-state index in [9.17, 15) is 9.59 Å². The third-order valence-electron chi connectivity index (χ3n) is 3.11. The number of rotatable bonds is 5. The molecule has 2 N–H and O–H groups in total. The molecule has 1 aliphatic heterocycles. The number of urea groups is 1. The molecule has 0 aromatic carbocycles. The average molecular weight is 258 g/mol. The Balaban J connectivity index is 2.24. The summed E-state index contributed by atoms with van der Waals surface area (Å²) in [4.78, 5) is 23.8. The molecule has 0 aromatic rings. The van der Waals surface area contributed by atoms with Crippen LogP contribution in [0, 0.1) is 11.8 Å². The van der Waals surface area contributed by atoms with Crippen molar-refractivity contribution in [3.05, 3.63) is 0 Å². The number of amides is 2. The molecule has 18 heavy (non-hydrogen) atoms. The number of carboxylic acids is 1. The van der Waals surface area contributed by atoms with Crippen LogP contribution in [-0.4, -0.2) is 55.4 Å². The van der Waals surface area contributed by atoms with Gasteiger partial charge in [-0.1, -0.05) is 6.92 Å². The molecule has 1 aliphatic rings. The largest absolute Gasteiger partial charge is 0.481 e. The standard InChI is InChI=1S/C12H22N2O4/c1-9(11(15)16)7-14(2)12(17)13-6-10-4-3-5-18-8-10/h9-10H,3-8H2,1-2H3,(H,13,17)(H,15,16). The number of hydrogen-bond donors (Lipinski definition) is 2. The molecule has 6 nitrogen and oxygen atoms in total. The molecule has 0 radical (unpaired) electrons. The van der Waals surface area contributed by atoms with Gasteiger partial charge in [0.2, 0.25) is 0 Å². The molecule has 2 unspecified atom stereocenters. The van der Waals surface area contributed by atoms with Gasteiger partial charge in [-0.15, -0.1) is 0 Å². The van der Waals surface area contributed by atoms with Gasteiger partial charge in [-0.2, -0.15) is 0 Å². The Morgan fingerprint density at radius 3 is 2.83 bits per heavy atom. The van der Waals surface area contributed by atoms with Crippen molar-refractivity contribution in [3.8, 4) is 0 Å². The number of hydrogen-bond acceptors (Lipinski definition) is 3. The zero-order chi connectivity index (χ0) is 13.5. The Morgan fingerprint density at radius 2 is 2.28 bits per heavy atom. The second-order valence-electron chi connectivity index (χ2n) is 4.89. The van der Waals surface area contributed by atoms with Gasteiger partial charge in [0.05, 0.1) is 12.5 Å². The number of nitrogens with zero attached hydrogens (tertiary/aromatic N) is 1. The van der Waals surface area contributed by atoms with Crippen LogP contribution in [0.5, 0.6) is 0 Å². The van der Waals surface area contributed by atoms with Crippen molar-refractivity contribution in [2.24, 2.45) is 11.8 Å². The fraction of sp³-hybridized carbons (Fsp3) is 0.833. The SMILES string of the molecule is CC(CN(C)C(=O)NCC1CCCOC1)C(=O)O. The summed E-state index contributed by atoms with van der Waals surface area (Å²) in [6, 6.07) is -0.228. The van der Waals surface area contributed by atoms with E-state index in [1.807, 2.05) is 0 Å². The number of nitrogens with one attached hydrogen (secondary N) is 1. The third-order valence-corrected chi connectivity index (χ3v) is 3.11. The lowest BCUT2D eigenvalue weighted by molar-refractivity contribution is -0.141. The van der Waals surface area contributed by atoms with Crippen LogP contribution >= 0.6 is 0 Å². The van der Waals surface area contributed by atoms with Crippen LogP contribution in [0.2, 0.25) is 0 Å². The van der Waals surface area contributed by atoms with E-state index in [2.05, 4.69) is 5.32 Å². The highest BCUT2D eigenvalue weighted by Gasteiger charge is 2.19. The van der Waals surface area contributed by atoms with E-state index in [0.29, 0.717) is 19.1 Å². The smallest absolute Gasteiger partial charge is 0.317 e. The minimum Gasteiger partial charge on any atom is -0.481 e. The number of aliphatic carboxylic acids is 1. The van der Waals surface area contributed by atoms with E-state index in [0.717, 1.165) is 19.4 Å². The van der Waals surface area contributed by atoms with Gasteiger partial charge < -0.3 is 20.1 Å². The molecule has 6 heteroatoms. The first-order chi connectivity index (χ1) is 8.50. The summed E-state index contributed by atoms with van der Waals surface area (Å²) in [6.07, 6.45) is 2.10.